The van der Waals surface area contributed by atoms with Crippen LogP contribution >= 0.6 is 11.6 Å². The van der Waals surface area contributed by atoms with Gasteiger partial charge in [-0.1, -0.05) is 41.9 Å². The van der Waals surface area contributed by atoms with Gasteiger partial charge in [-0.2, -0.15) is 0 Å². The molecule has 0 fully saturated rings. The highest BCUT2D eigenvalue weighted by molar-refractivity contribution is 6.29. The third kappa shape index (κ3) is 3.16. The normalized spacial score (nSPS) is 23.8. The molecule has 20 heavy (non-hydrogen) atoms. The molecule has 0 saturated carbocycles. The average Bonchev–Trinajstić information content (AvgIpc) is 2.25. The Hall–Kier alpha value is -1.46. The molecule has 2 rings (SSSR count). The molecule has 1 atom stereocenters. The first-order chi connectivity index (χ1) is 9.21. The molecule has 1 aromatic carbocycles. The van der Waals surface area contributed by atoms with E-state index >= 15 is 0 Å². The second-order valence-corrected chi connectivity index (χ2v) is 5.21. The standard InChI is InChI=1S/C14H13ClF3NO/c1-9-7-11(19)8-13(15,20-14(16,17)18)12(9)10-5-3-2-4-6-10/h2-7H,8,19H2,1H3. The number of halogens is 4. The number of hydrogen-bond donors (Lipinski definition) is 1. The predicted molar refractivity (Wildman–Crippen MR) is 71.6 cm³/mol. The molecule has 1 aromatic rings. The zero-order valence-electron chi connectivity index (χ0n) is 10.7. The summed E-state index contributed by atoms with van der Waals surface area (Å²) in [5.41, 5.74) is 7.32. The number of ether oxygens (including phenoxy) is 1. The fourth-order valence-electron chi connectivity index (χ4n) is 2.37. The third-order valence-corrected chi connectivity index (χ3v) is 3.34. The Kier molecular flexibility index (Phi) is 3.84. The molecule has 0 heterocycles. The van der Waals surface area contributed by atoms with Gasteiger partial charge in [-0.05, 0) is 24.1 Å². The summed E-state index contributed by atoms with van der Waals surface area (Å²) < 4.78 is 42.1. The minimum absolute atomic E-state index is 0.227. The summed E-state index contributed by atoms with van der Waals surface area (Å²) in [6, 6.07) is 8.59. The molecule has 0 aromatic heterocycles. The molecular formula is C14H13ClF3NO. The van der Waals surface area contributed by atoms with Crippen LogP contribution in [0.3, 0.4) is 0 Å². The summed E-state index contributed by atoms with van der Waals surface area (Å²) in [7, 11) is 0. The van der Waals surface area contributed by atoms with Gasteiger partial charge >= 0.3 is 6.36 Å². The number of benzene rings is 1. The highest BCUT2D eigenvalue weighted by Crippen LogP contribution is 2.46. The number of hydrogen-bond acceptors (Lipinski definition) is 2. The van der Waals surface area contributed by atoms with Gasteiger partial charge < -0.3 is 5.73 Å². The topological polar surface area (TPSA) is 35.2 Å². The second kappa shape index (κ2) is 5.14. The van der Waals surface area contributed by atoms with Gasteiger partial charge in [-0.25, -0.2) is 0 Å². The van der Waals surface area contributed by atoms with Gasteiger partial charge in [-0.15, -0.1) is 13.2 Å². The van der Waals surface area contributed by atoms with Crippen molar-refractivity contribution in [2.75, 3.05) is 0 Å². The van der Waals surface area contributed by atoms with E-state index in [0.29, 0.717) is 11.1 Å². The van der Waals surface area contributed by atoms with Crippen LogP contribution in [0.5, 0.6) is 0 Å². The molecule has 2 N–H and O–H groups in total. The lowest BCUT2D eigenvalue weighted by molar-refractivity contribution is -0.342. The summed E-state index contributed by atoms with van der Waals surface area (Å²) in [6.07, 6.45) is -3.46. The maximum atomic E-state index is 12.6. The molecule has 1 unspecified atom stereocenters. The Morgan fingerprint density at radius 1 is 1.25 bits per heavy atom. The smallest absolute Gasteiger partial charge is 0.402 e. The average molecular weight is 304 g/mol. The van der Waals surface area contributed by atoms with E-state index in [2.05, 4.69) is 4.74 Å². The van der Waals surface area contributed by atoms with Crippen LogP contribution in [0, 0.1) is 0 Å². The molecule has 0 radical (unpaired) electrons. The lowest BCUT2D eigenvalue weighted by Crippen LogP contribution is -2.37. The zero-order valence-corrected chi connectivity index (χ0v) is 11.4. The largest absolute Gasteiger partial charge is 0.524 e. The molecule has 0 amide bonds. The van der Waals surface area contributed by atoms with Gasteiger partial charge in [0.15, 0.2) is 5.06 Å². The predicted octanol–water partition coefficient (Wildman–Crippen LogP) is 4.18. The fourth-order valence-corrected chi connectivity index (χ4v) is 2.87. The molecule has 2 nitrogen and oxygen atoms in total. The van der Waals surface area contributed by atoms with E-state index in [1.165, 1.54) is 0 Å². The highest BCUT2D eigenvalue weighted by Gasteiger charge is 2.47. The van der Waals surface area contributed by atoms with Crippen molar-refractivity contribution in [1.82, 2.24) is 0 Å². The van der Waals surface area contributed by atoms with E-state index in [4.69, 9.17) is 17.3 Å². The van der Waals surface area contributed by atoms with Gasteiger partial charge in [0.2, 0.25) is 0 Å². The van der Waals surface area contributed by atoms with Crippen molar-refractivity contribution in [1.29, 1.82) is 0 Å². The maximum absolute atomic E-state index is 12.6. The van der Waals surface area contributed by atoms with Crippen LogP contribution in [0.1, 0.15) is 18.9 Å². The summed E-state index contributed by atoms with van der Waals surface area (Å²) in [4.78, 5) is 0. The summed E-state index contributed by atoms with van der Waals surface area (Å²) in [5.74, 6) is 0. The van der Waals surface area contributed by atoms with Crippen molar-refractivity contribution in [3.63, 3.8) is 0 Å². The van der Waals surface area contributed by atoms with Gasteiger partial charge in [0, 0.05) is 17.7 Å². The van der Waals surface area contributed by atoms with Crippen LogP contribution < -0.4 is 5.73 Å². The lowest BCUT2D eigenvalue weighted by atomic mass is 9.88. The van der Waals surface area contributed by atoms with E-state index in [0.717, 1.165) is 0 Å². The van der Waals surface area contributed by atoms with Crippen LogP contribution in [0.4, 0.5) is 13.2 Å². The molecule has 1 aliphatic carbocycles. The first-order valence-electron chi connectivity index (χ1n) is 5.90. The van der Waals surface area contributed by atoms with E-state index in [-0.39, 0.29) is 17.7 Å². The molecule has 1 aliphatic rings. The fraction of sp³-hybridized carbons (Fsp3) is 0.286. The Bertz CT molecular complexity index is 566. The molecule has 0 bridgehead atoms. The van der Waals surface area contributed by atoms with Crippen molar-refractivity contribution >= 4 is 17.2 Å². The lowest BCUT2D eigenvalue weighted by Gasteiger charge is -2.35. The molecular weight excluding hydrogens is 291 g/mol. The molecule has 0 aliphatic heterocycles. The van der Waals surface area contributed by atoms with Crippen LogP contribution in [-0.4, -0.2) is 11.4 Å². The van der Waals surface area contributed by atoms with Crippen molar-refractivity contribution < 1.29 is 17.9 Å². The number of nitrogens with two attached hydrogens (primary N) is 1. The first-order valence-corrected chi connectivity index (χ1v) is 6.28. The van der Waals surface area contributed by atoms with E-state index < -0.39 is 11.4 Å². The highest BCUT2D eigenvalue weighted by atomic mass is 35.5. The van der Waals surface area contributed by atoms with Gasteiger partial charge in [0.1, 0.15) is 0 Å². The number of rotatable bonds is 2. The molecule has 0 saturated heterocycles. The Morgan fingerprint density at radius 3 is 2.40 bits per heavy atom. The molecule has 108 valence electrons. The van der Waals surface area contributed by atoms with Crippen LogP contribution in [0.25, 0.3) is 5.57 Å². The van der Waals surface area contributed by atoms with Crippen molar-refractivity contribution in [3.05, 3.63) is 53.2 Å². The Labute approximate surface area is 119 Å². The van der Waals surface area contributed by atoms with Gasteiger partial charge in [-0.3, -0.25) is 4.74 Å². The van der Waals surface area contributed by atoms with Crippen molar-refractivity contribution in [3.8, 4) is 0 Å². The summed E-state index contributed by atoms with van der Waals surface area (Å²) >= 11 is 6.13. The molecule has 0 spiro atoms. The van der Waals surface area contributed by atoms with Crippen LogP contribution in [0.2, 0.25) is 0 Å². The monoisotopic (exact) mass is 303 g/mol. The molecule has 6 heteroatoms. The SMILES string of the molecule is CC1=C(c2ccccc2)C(Cl)(OC(F)(F)F)CC(N)=C1. The Balaban J connectivity index is 2.54. The van der Waals surface area contributed by atoms with Crippen molar-refractivity contribution in [2.24, 2.45) is 5.73 Å². The van der Waals surface area contributed by atoms with E-state index in [9.17, 15) is 13.2 Å². The van der Waals surface area contributed by atoms with E-state index in [1.54, 1.807) is 43.3 Å². The third-order valence-electron chi connectivity index (χ3n) is 2.94. The summed E-state index contributed by atoms with van der Waals surface area (Å²) in [5, 5.41) is -2.04. The second-order valence-electron chi connectivity index (χ2n) is 4.60. The quantitative estimate of drug-likeness (QED) is 0.832. The maximum Gasteiger partial charge on any atom is 0.524 e. The van der Waals surface area contributed by atoms with Gasteiger partial charge in [0.05, 0.1) is 0 Å². The van der Waals surface area contributed by atoms with Gasteiger partial charge in [0.25, 0.3) is 0 Å². The number of allylic oxidation sites excluding steroid dienone is 2. The van der Waals surface area contributed by atoms with E-state index in [1.807, 2.05) is 0 Å². The summed E-state index contributed by atoms with van der Waals surface area (Å²) in [6.45, 7) is 1.66. The zero-order chi connectivity index (χ0) is 15.0. The first kappa shape index (κ1) is 14.9. The van der Waals surface area contributed by atoms with Crippen molar-refractivity contribution in [2.45, 2.75) is 24.8 Å². The minimum atomic E-state index is -4.85. The van der Waals surface area contributed by atoms with Crippen LogP contribution in [0.15, 0.2) is 47.7 Å². The number of alkyl halides is 4. The Morgan fingerprint density at radius 2 is 1.85 bits per heavy atom. The minimum Gasteiger partial charge on any atom is -0.402 e. The van der Waals surface area contributed by atoms with Crippen LogP contribution in [-0.2, 0) is 4.74 Å².